The number of aliphatic hydroxyl groups excluding tert-OH is 1. The molecule has 1 N–H and O–H groups in total. The van der Waals surface area contributed by atoms with Gasteiger partial charge in [0.05, 0.1) is 31.5 Å². The molecule has 0 aromatic heterocycles. The Morgan fingerprint density at radius 2 is 1.53 bits per heavy atom. The van der Waals surface area contributed by atoms with E-state index < -0.39 is 11.6 Å². The van der Waals surface area contributed by atoms with Crippen molar-refractivity contribution in [3.63, 3.8) is 0 Å². The average molecular weight is 531 g/mol. The lowest BCUT2D eigenvalue weighted by molar-refractivity contribution is -0.300. The van der Waals surface area contributed by atoms with Gasteiger partial charge in [-0.15, -0.1) is 0 Å². The SMILES string of the molecule is C/C(=C\[C@H](O)[C@@H](C)[C@H]1CC[C@H]2[C@@H]3CC4(OCCO4)[C@H]4CC5OC(C)(C)OC5C[C@]4(C)[C@H]3CC[C@]12C)C(C)C. The molecule has 0 radical (unpaired) electrons. The van der Waals surface area contributed by atoms with Gasteiger partial charge in [-0.2, -0.15) is 0 Å². The third kappa shape index (κ3) is 4.11. The molecular weight excluding hydrogens is 476 g/mol. The van der Waals surface area contributed by atoms with Crippen LogP contribution in [-0.4, -0.2) is 48.2 Å². The number of rotatable bonds is 4. The minimum Gasteiger partial charge on any atom is -0.389 e. The second kappa shape index (κ2) is 9.28. The minimum absolute atomic E-state index is 0.125. The summed E-state index contributed by atoms with van der Waals surface area (Å²) in [5.74, 6) is 2.60. The number of ether oxygens (including phenoxy) is 4. The maximum atomic E-state index is 11.3. The van der Waals surface area contributed by atoms with Crippen LogP contribution in [0.5, 0.6) is 0 Å². The first-order valence-electron chi connectivity index (χ1n) is 15.8. The molecule has 0 aromatic rings. The second-order valence-corrected chi connectivity index (χ2v) is 15.4. The van der Waals surface area contributed by atoms with Crippen LogP contribution in [0.1, 0.15) is 100 Å². The average Bonchev–Trinajstić information content (AvgIpc) is 3.51. The summed E-state index contributed by atoms with van der Waals surface area (Å²) < 4.78 is 26.2. The van der Waals surface area contributed by atoms with Gasteiger partial charge in [-0.05, 0) is 106 Å². The summed E-state index contributed by atoms with van der Waals surface area (Å²) in [6.07, 6.45) is 10.1. The van der Waals surface area contributed by atoms with Crippen LogP contribution in [0.3, 0.4) is 0 Å². The van der Waals surface area contributed by atoms with Gasteiger partial charge in [0.25, 0.3) is 0 Å². The first-order valence-corrected chi connectivity index (χ1v) is 15.8. The zero-order valence-corrected chi connectivity index (χ0v) is 25.3. The van der Waals surface area contributed by atoms with Gasteiger partial charge in [0.1, 0.15) is 0 Å². The molecule has 38 heavy (non-hydrogen) atoms. The van der Waals surface area contributed by atoms with E-state index in [0.717, 1.165) is 19.3 Å². The molecule has 216 valence electrons. The van der Waals surface area contributed by atoms with Crippen molar-refractivity contribution < 1.29 is 24.1 Å². The van der Waals surface area contributed by atoms with Gasteiger partial charge >= 0.3 is 0 Å². The number of allylic oxidation sites excluding steroid dienone is 1. The summed E-state index contributed by atoms with van der Waals surface area (Å²) in [5.41, 5.74) is 1.68. The second-order valence-electron chi connectivity index (χ2n) is 15.4. The van der Waals surface area contributed by atoms with Crippen molar-refractivity contribution in [2.24, 2.45) is 52.3 Å². The monoisotopic (exact) mass is 530 g/mol. The molecule has 6 rings (SSSR count). The fraction of sp³-hybridized carbons (Fsp3) is 0.939. The van der Waals surface area contributed by atoms with E-state index in [1.807, 2.05) is 0 Å². The van der Waals surface area contributed by atoms with Gasteiger partial charge < -0.3 is 24.1 Å². The molecule has 4 aliphatic carbocycles. The van der Waals surface area contributed by atoms with Crippen LogP contribution >= 0.6 is 0 Å². The Hall–Kier alpha value is -0.460. The molecule has 6 fully saturated rings. The summed E-state index contributed by atoms with van der Waals surface area (Å²) in [4.78, 5) is 0. The number of hydrogen-bond acceptors (Lipinski definition) is 5. The molecule has 0 amide bonds. The zero-order valence-electron chi connectivity index (χ0n) is 25.3. The van der Waals surface area contributed by atoms with Crippen LogP contribution < -0.4 is 0 Å². The third-order valence-electron chi connectivity index (χ3n) is 12.9. The normalized spacial score (nSPS) is 48.9. The lowest BCUT2D eigenvalue weighted by Crippen LogP contribution is -2.65. The van der Waals surface area contributed by atoms with E-state index in [0.29, 0.717) is 48.7 Å². The van der Waals surface area contributed by atoms with Crippen LogP contribution in [0.2, 0.25) is 0 Å². The quantitative estimate of drug-likeness (QED) is 0.409. The fourth-order valence-corrected chi connectivity index (χ4v) is 10.9. The topological polar surface area (TPSA) is 57.2 Å². The van der Waals surface area contributed by atoms with Gasteiger partial charge in [0.15, 0.2) is 11.6 Å². The molecule has 5 nitrogen and oxygen atoms in total. The standard InChI is InChI=1S/C33H54O5/c1-19(2)20(3)15-26(34)21(4)23-9-10-24-22-17-33(35-13-14-36-33)29-16-27-28(38-30(5,6)37-27)18-32(29,8)25(22)11-12-31(23,24)7/h15,19,21-29,34H,9-14,16-18H2,1-8H3/b20-15+/t21-,22-,23+,24-,25-,26-,27?,28?,29-,31+,32+/m0/s1. The molecule has 6 aliphatic rings. The van der Waals surface area contributed by atoms with E-state index in [-0.39, 0.29) is 35.1 Å². The summed E-state index contributed by atoms with van der Waals surface area (Å²) in [7, 11) is 0. The van der Waals surface area contributed by atoms with Crippen molar-refractivity contribution in [1.82, 2.24) is 0 Å². The largest absolute Gasteiger partial charge is 0.389 e. The maximum absolute atomic E-state index is 11.3. The molecule has 0 bridgehead atoms. The van der Waals surface area contributed by atoms with Crippen molar-refractivity contribution in [1.29, 1.82) is 0 Å². The summed E-state index contributed by atoms with van der Waals surface area (Å²) in [6, 6.07) is 0. The van der Waals surface area contributed by atoms with E-state index in [1.54, 1.807) is 0 Å². The Kier molecular flexibility index (Phi) is 6.76. The Morgan fingerprint density at radius 1 is 0.868 bits per heavy atom. The fourth-order valence-electron chi connectivity index (χ4n) is 10.9. The summed E-state index contributed by atoms with van der Waals surface area (Å²) >= 11 is 0. The van der Waals surface area contributed by atoms with Crippen LogP contribution in [-0.2, 0) is 18.9 Å². The molecule has 4 saturated carbocycles. The summed E-state index contributed by atoms with van der Waals surface area (Å²) in [6.45, 7) is 19.6. The smallest absolute Gasteiger partial charge is 0.172 e. The van der Waals surface area contributed by atoms with E-state index >= 15 is 0 Å². The first-order chi connectivity index (χ1) is 17.8. The van der Waals surface area contributed by atoms with Gasteiger partial charge in [-0.3, -0.25) is 0 Å². The Bertz CT molecular complexity index is 936. The van der Waals surface area contributed by atoms with Crippen molar-refractivity contribution in [2.75, 3.05) is 13.2 Å². The number of aliphatic hydroxyl groups is 1. The number of hydrogen-bond donors (Lipinski definition) is 1. The van der Waals surface area contributed by atoms with E-state index in [9.17, 15) is 5.11 Å². The molecule has 2 unspecified atom stereocenters. The molecular formula is C33H54O5. The highest BCUT2D eigenvalue weighted by Gasteiger charge is 2.70. The molecule has 0 aromatic carbocycles. The molecule has 11 atom stereocenters. The Labute approximate surface area is 231 Å². The summed E-state index contributed by atoms with van der Waals surface area (Å²) in [5, 5.41) is 11.3. The molecule has 2 saturated heterocycles. The van der Waals surface area contributed by atoms with Crippen LogP contribution in [0.4, 0.5) is 0 Å². The Morgan fingerprint density at radius 3 is 2.21 bits per heavy atom. The Balaban J connectivity index is 1.30. The van der Waals surface area contributed by atoms with E-state index in [1.165, 1.54) is 31.3 Å². The predicted molar refractivity (Wildman–Crippen MR) is 148 cm³/mol. The van der Waals surface area contributed by atoms with Crippen molar-refractivity contribution in [3.05, 3.63) is 11.6 Å². The lowest BCUT2D eigenvalue weighted by Gasteiger charge is -2.65. The third-order valence-corrected chi connectivity index (χ3v) is 12.9. The van der Waals surface area contributed by atoms with E-state index in [2.05, 4.69) is 61.5 Å². The van der Waals surface area contributed by atoms with Gasteiger partial charge in [-0.1, -0.05) is 46.3 Å². The minimum atomic E-state index is -0.508. The van der Waals surface area contributed by atoms with Gasteiger partial charge in [0, 0.05) is 12.3 Å². The highest BCUT2D eigenvalue weighted by molar-refractivity contribution is 5.16. The molecule has 1 spiro atoms. The predicted octanol–water partition coefficient (Wildman–Crippen LogP) is 6.73. The van der Waals surface area contributed by atoms with Crippen LogP contribution in [0, 0.1) is 52.3 Å². The zero-order chi connectivity index (χ0) is 27.3. The number of fused-ring (bicyclic) bond motifs is 7. The van der Waals surface area contributed by atoms with E-state index in [4.69, 9.17) is 18.9 Å². The molecule has 5 heteroatoms. The maximum Gasteiger partial charge on any atom is 0.172 e. The first kappa shape index (κ1) is 27.7. The van der Waals surface area contributed by atoms with Crippen LogP contribution in [0.25, 0.3) is 0 Å². The van der Waals surface area contributed by atoms with Gasteiger partial charge in [-0.25, -0.2) is 0 Å². The van der Waals surface area contributed by atoms with Crippen molar-refractivity contribution >= 4 is 0 Å². The highest BCUT2D eigenvalue weighted by atomic mass is 16.8. The molecule has 2 heterocycles. The van der Waals surface area contributed by atoms with Crippen molar-refractivity contribution in [3.8, 4) is 0 Å². The van der Waals surface area contributed by atoms with Crippen molar-refractivity contribution in [2.45, 2.75) is 130 Å². The highest BCUT2D eigenvalue weighted by Crippen LogP contribution is 2.71. The molecule has 2 aliphatic heterocycles. The lowest BCUT2D eigenvalue weighted by atomic mass is 9.42. The van der Waals surface area contributed by atoms with Crippen LogP contribution in [0.15, 0.2) is 11.6 Å². The van der Waals surface area contributed by atoms with Gasteiger partial charge in [0.2, 0.25) is 0 Å².